The molecular formula is C13H13FN2OS. The van der Waals surface area contributed by atoms with Crippen LogP contribution >= 0.6 is 11.8 Å². The molecule has 1 heterocycles. The summed E-state index contributed by atoms with van der Waals surface area (Å²) in [6, 6.07) is 6.43. The van der Waals surface area contributed by atoms with Gasteiger partial charge >= 0.3 is 0 Å². The molecule has 1 aromatic heterocycles. The van der Waals surface area contributed by atoms with Gasteiger partial charge in [-0.3, -0.25) is 0 Å². The lowest BCUT2D eigenvalue weighted by Gasteiger charge is -2.11. The summed E-state index contributed by atoms with van der Waals surface area (Å²) in [7, 11) is 0. The maximum Gasteiger partial charge on any atom is 0.192 e. The summed E-state index contributed by atoms with van der Waals surface area (Å²) in [6.45, 7) is 3.46. The van der Waals surface area contributed by atoms with E-state index in [1.807, 2.05) is 6.92 Å². The van der Waals surface area contributed by atoms with Gasteiger partial charge in [0.2, 0.25) is 0 Å². The van der Waals surface area contributed by atoms with E-state index < -0.39 is 6.10 Å². The van der Waals surface area contributed by atoms with Crippen LogP contribution in [0.2, 0.25) is 0 Å². The zero-order valence-corrected chi connectivity index (χ0v) is 10.9. The highest BCUT2D eigenvalue weighted by atomic mass is 32.2. The van der Waals surface area contributed by atoms with Gasteiger partial charge in [-0.25, -0.2) is 14.4 Å². The Bertz CT molecular complexity index is 560. The van der Waals surface area contributed by atoms with E-state index >= 15 is 0 Å². The van der Waals surface area contributed by atoms with E-state index in [1.54, 1.807) is 31.3 Å². The Morgan fingerprint density at radius 1 is 1.33 bits per heavy atom. The van der Waals surface area contributed by atoms with Crippen molar-refractivity contribution >= 4 is 11.8 Å². The first-order valence-corrected chi connectivity index (χ1v) is 6.33. The van der Waals surface area contributed by atoms with Gasteiger partial charge in [-0.1, -0.05) is 12.1 Å². The first-order valence-electron chi connectivity index (χ1n) is 5.52. The molecule has 5 heteroatoms. The van der Waals surface area contributed by atoms with Gasteiger partial charge in [-0.05, 0) is 43.3 Å². The van der Waals surface area contributed by atoms with Crippen molar-refractivity contribution in [3.63, 3.8) is 0 Å². The largest absolute Gasteiger partial charge is 0.389 e. The summed E-state index contributed by atoms with van der Waals surface area (Å²) in [5.74, 6) is -0.372. The van der Waals surface area contributed by atoms with E-state index in [0.29, 0.717) is 15.6 Å². The Hall–Kier alpha value is -1.46. The van der Waals surface area contributed by atoms with Gasteiger partial charge in [-0.15, -0.1) is 0 Å². The Balaban J connectivity index is 2.39. The topological polar surface area (TPSA) is 46.0 Å². The third kappa shape index (κ3) is 2.86. The van der Waals surface area contributed by atoms with Gasteiger partial charge in [0, 0.05) is 11.9 Å². The molecule has 1 atom stereocenters. The number of aromatic nitrogens is 2. The minimum atomic E-state index is -0.729. The molecule has 0 aliphatic rings. The van der Waals surface area contributed by atoms with Crippen LogP contribution in [0.4, 0.5) is 4.39 Å². The second kappa shape index (κ2) is 5.46. The minimum Gasteiger partial charge on any atom is -0.389 e. The van der Waals surface area contributed by atoms with E-state index in [4.69, 9.17) is 0 Å². The van der Waals surface area contributed by atoms with Gasteiger partial charge in [0.25, 0.3) is 0 Å². The number of halogens is 1. The molecule has 0 aliphatic carbocycles. The standard InChI is InChI=1S/C13H13FN2OS/c1-8-6-7-15-13(16-8)18-12-10(9(2)17)4-3-5-11(12)14/h3-7,9,17H,1-2H3. The van der Waals surface area contributed by atoms with Crippen molar-refractivity contribution < 1.29 is 9.50 Å². The number of hydrogen-bond acceptors (Lipinski definition) is 4. The molecule has 0 fully saturated rings. The Labute approximate surface area is 109 Å². The Kier molecular flexibility index (Phi) is 3.93. The number of aliphatic hydroxyl groups is 1. The van der Waals surface area contributed by atoms with E-state index in [0.717, 1.165) is 17.5 Å². The first-order chi connectivity index (χ1) is 8.58. The van der Waals surface area contributed by atoms with Crippen LogP contribution in [0.15, 0.2) is 40.5 Å². The molecule has 0 radical (unpaired) electrons. The molecule has 2 rings (SSSR count). The van der Waals surface area contributed by atoms with Crippen LogP contribution in [-0.2, 0) is 0 Å². The van der Waals surface area contributed by atoms with Crippen LogP contribution in [0, 0.1) is 12.7 Å². The quantitative estimate of drug-likeness (QED) is 0.865. The third-order valence-electron chi connectivity index (χ3n) is 2.41. The average Bonchev–Trinajstić information content (AvgIpc) is 2.31. The Morgan fingerprint density at radius 3 is 2.78 bits per heavy atom. The monoisotopic (exact) mass is 264 g/mol. The highest BCUT2D eigenvalue weighted by molar-refractivity contribution is 7.99. The molecular weight excluding hydrogens is 251 g/mol. The lowest BCUT2D eigenvalue weighted by Crippen LogP contribution is -1.98. The average molecular weight is 264 g/mol. The highest BCUT2D eigenvalue weighted by Gasteiger charge is 2.14. The number of benzene rings is 1. The number of nitrogens with zero attached hydrogens (tertiary/aromatic N) is 2. The van der Waals surface area contributed by atoms with Gasteiger partial charge < -0.3 is 5.11 Å². The van der Waals surface area contributed by atoms with Gasteiger partial charge in [-0.2, -0.15) is 0 Å². The van der Waals surface area contributed by atoms with Gasteiger partial charge in [0.1, 0.15) is 5.82 Å². The summed E-state index contributed by atoms with van der Waals surface area (Å²) in [6.07, 6.45) is 0.904. The fourth-order valence-corrected chi connectivity index (χ4v) is 2.54. The predicted molar refractivity (Wildman–Crippen MR) is 67.9 cm³/mol. The zero-order chi connectivity index (χ0) is 13.1. The number of rotatable bonds is 3. The molecule has 0 saturated heterocycles. The summed E-state index contributed by atoms with van der Waals surface area (Å²) in [5, 5.41) is 10.1. The van der Waals surface area contributed by atoms with E-state index in [2.05, 4.69) is 9.97 Å². The molecule has 0 spiro atoms. The molecule has 94 valence electrons. The van der Waals surface area contributed by atoms with Crippen molar-refractivity contribution in [1.82, 2.24) is 9.97 Å². The summed E-state index contributed by atoms with van der Waals surface area (Å²) >= 11 is 1.13. The summed E-state index contributed by atoms with van der Waals surface area (Å²) in [4.78, 5) is 8.67. The molecule has 0 saturated carbocycles. The SMILES string of the molecule is Cc1ccnc(Sc2c(F)cccc2C(C)O)n1. The zero-order valence-electron chi connectivity index (χ0n) is 10.1. The fraction of sp³-hybridized carbons (Fsp3) is 0.231. The molecule has 0 aliphatic heterocycles. The van der Waals surface area contributed by atoms with Gasteiger partial charge in [0.15, 0.2) is 5.16 Å². The molecule has 2 aromatic rings. The maximum atomic E-state index is 13.8. The number of aryl methyl sites for hydroxylation is 1. The number of hydrogen-bond donors (Lipinski definition) is 1. The lowest BCUT2D eigenvalue weighted by atomic mass is 10.1. The van der Waals surface area contributed by atoms with E-state index in [9.17, 15) is 9.50 Å². The van der Waals surface area contributed by atoms with Crippen molar-refractivity contribution in [3.05, 3.63) is 47.5 Å². The lowest BCUT2D eigenvalue weighted by molar-refractivity contribution is 0.195. The minimum absolute atomic E-state index is 0.372. The van der Waals surface area contributed by atoms with E-state index in [-0.39, 0.29) is 5.82 Å². The van der Waals surface area contributed by atoms with Crippen LogP contribution in [-0.4, -0.2) is 15.1 Å². The van der Waals surface area contributed by atoms with Crippen LogP contribution in [0.1, 0.15) is 24.3 Å². The molecule has 18 heavy (non-hydrogen) atoms. The molecule has 1 aromatic carbocycles. The molecule has 0 amide bonds. The molecule has 0 bridgehead atoms. The van der Waals surface area contributed by atoms with Crippen molar-refractivity contribution in [3.8, 4) is 0 Å². The van der Waals surface area contributed by atoms with Crippen LogP contribution in [0.25, 0.3) is 0 Å². The second-order valence-electron chi connectivity index (χ2n) is 3.92. The van der Waals surface area contributed by atoms with Crippen molar-refractivity contribution in [2.75, 3.05) is 0 Å². The predicted octanol–water partition coefficient (Wildman–Crippen LogP) is 3.13. The van der Waals surface area contributed by atoms with Crippen molar-refractivity contribution in [1.29, 1.82) is 0 Å². The number of aliphatic hydroxyl groups excluding tert-OH is 1. The van der Waals surface area contributed by atoms with Crippen LogP contribution in [0.5, 0.6) is 0 Å². The Morgan fingerprint density at radius 2 is 2.11 bits per heavy atom. The highest BCUT2D eigenvalue weighted by Crippen LogP contribution is 2.33. The molecule has 1 unspecified atom stereocenters. The summed E-state index contributed by atoms with van der Waals surface area (Å²) < 4.78 is 13.8. The molecule has 3 nitrogen and oxygen atoms in total. The fourth-order valence-electron chi connectivity index (χ4n) is 1.53. The van der Waals surface area contributed by atoms with Crippen molar-refractivity contribution in [2.45, 2.75) is 30.0 Å². The van der Waals surface area contributed by atoms with E-state index in [1.165, 1.54) is 6.07 Å². The van der Waals surface area contributed by atoms with Crippen LogP contribution in [0.3, 0.4) is 0 Å². The van der Waals surface area contributed by atoms with Gasteiger partial charge in [0.05, 0.1) is 11.0 Å². The van der Waals surface area contributed by atoms with Crippen molar-refractivity contribution in [2.24, 2.45) is 0 Å². The van der Waals surface area contributed by atoms with Crippen LogP contribution < -0.4 is 0 Å². The normalized spacial score (nSPS) is 12.4. The second-order valence-corrected chi connectivity index (χ2v) is 4.89. The third-order valence-corrected chi connectivity index (χ3v) is 3.43. The maximum absolute atomic E-state index is 13.8. The summed E-state index contributed by atoms with van der Waals surface area (Å²) in [5.41, 5.74) is 1.37. The molecule has 1 N–H and O–H groups in total. The smallest absolute Gasteiger partial charge is 0.192 e. The first kappa shape index (κ1) is 13.0.